The van der Waals surface area contributed by atoms with Gasteiger partial charge in [0.2, 0.25) is 5.91 Å². The maximum Gasteiger partial charge on any atom is 0.246 e. The van der Waals surface area contributed by atoms with Crippen LogP contribution in [0.3, 0.4) is 0 Å². The van der Waals surface area contributed by atoms with Crippen molar-refractivity contribution in [1.29, 1.82) is 0 Å². The van der Waals surface area contributed by atoms with Gasteiger partial charge in [-0.05, 0) is 17.9 Å². The predicted octanol–water partition coefficient (Wildman–Crippen LogP) is 2.03. The third kappa shape index (κ3) is 3.30. The van der Waals surface area contributed by atoms with Crippen LogP contribution in [0.1, 0.15) is 37.3 Å². The monoisotopic (exact) mass is 233 g/mol. The summed E-state index contributed by atoms with van der Waals surface area (Å²) in [4.78, 5) is 11.3. The van der Waals surface area contributed by atoms with Crippen molar-refractivity contribution in [3.63, 3.8) is 0 Å². The van der Waals surface area contributed by atoms with Crippen LogP contribution in [0.5, 0.6) is 0 Å². The van der Waals surface area contributed by atoms with Gasteiger partial charge in [-0.1, -0.05) is 49.6 Å². The van der Waals surface area contributed by atoms with Gasteiger partial charge in [0, 0.05) is 0 Å². The van der Waals surface area contributed by atoms with Crippen molar-refractivity contribution < 1.29 is 9.90 Å². The standard InChI is InChI=1S/C14H19NO2/c16-10-14(17)15-13(9-11-5-4-6-11)12-7-2-1-3-8-12/h1-3,7-8,11,13,16H,4-6,9-10H2,(H,15,17). The number of aliphatic hydroxyl groups excluding tert-OH is 1. The number of hydrogen-bond donors (Lipinski definition) is 2. The minimum Gasteiger partial charge on any atom is -0.387 e. The van der Waals surface area contributed by atoms with Crippen molar-refractivity contribution in [2.45, 2.75) is 31.7 Å². The lowest BCUT2D eigenvalue weighted by atomic mass is 9.79. The highest BCUT2D eigenvalue weighted by Gasteiger charge is 2.23. The minimum absolute atomic E-state index is 0.0427. The third-order valence-electron chi connectivity index (χ3n) is 3.47. The molecule has 1 fully saturated rings. The van der Waals surface area contributed by atoms with Crippen molar-refractivity contribution in [1.82, 2.24) is 5.32 Å². The SMILES string of the molecule is O=C(CO)NC(CC1CCC1)c1ccccc1. The van der Waals surface area contributed by atoms with Crippen molar-refractivity contribution in [3.05, 3.63) is 35.9 Å². The first kappa shape index (κ1) is 12.1. The molecule has 1 saturated carbocycles. The fourth-order valence-corrected chi connectivity index (χ4v) is 2.27. The molecule has 1 unspecified atom stereocenters. The lowest BCUT2D eigenvalue weighted by molar-refractivity contribution is -0.124. The number of carbonyl (C=O) groups excluding carboxylic acids is 1. The minimum atomic E-state index is -0.437. The first-order valence-corrected chi connectivity index (χ1v) is 6.24. The maximum atomic E-state index is 11.3. The Bertz CT molecular complexity index is 360. The van der Waals surface area contributed by atoms with Gasteiger partial charge in [0.05, 0.1) is 6.04 Å². The molecular formula is C14H19NO2. The Balaban J connectivity index is 2.03. The molecule has 1 amide bonds. The van der Waals surface area contributed by atoms with Gasteiger partial charge < -0.3 is 10.4 Å². The van der Waals surface area contributed by atoms with Crippen LogP contribution in [0.15, 0.2) is 30.3 Å². The molecule has 1 aromatic rings. The number of amides is 1. The van der Waals surface area contributed by atoms with E-state index in [2.05, 4.69) is 5.32 Å². The Morgan fingerprint density at radius 3 is 2.59 bits per heavy atom. The molecule has 2 rings (SSSR count). The maximum absolute atomic E-state index is 11.3. The average Bonchev–Trinajstić information content (AvgIpc) is 2.33. The molecule has 0 radical (unpaired) electrons. The number of nitrogens with one attached hydrogen (secondary N) is 1. The Kier molecular flexibility index (Phi) is 4.15. The summed E-state index contributed by atoms with van der Waals surface area (Å²) in [6.45, 7) is -0.437. The summed E-state index contributed by atoms with van der Waals surface area (Å²) < 4.78 is 0. The molecule has 2 N–H and O–H groups in total. The number of rotatable bonds is 5. The van der Waals surface area contributed by atoms with Crippen molar-refractivity contribution in [2.75, 3.05) is 6.61 Å². The highest BCUT2D eigenvalue weighted by molar-refractivity contribution is 5.77. The van der Waals surface area contributed by atoms with Crippen LogP contribution >= 0.6 is 0 Å². The second-order valence-corrected chi connectivity index (χ2v) is 4.72. The molecule has 0 spiro atoms. The molecule has 3 heteroatoms. The smallest absolute Gasteiger partial charge is 0.246 e. The van der Waals surface area contributed by atoms with Crippen LogP contribution in [0.25, 0.3) is 0 Å². The zero-order chi connectivity index (χ0) is 12.1. The van der Waals surface area contributed by atoms with E-state index in [1.54, 1.807) is 0 Å². The number of aliphatic hydroxyl groups is 1. The van der Waals surface area contributed by atoms with Crippen LogP contribution in [0.2, 0.25) is 0 Å². The van der Waals surface area contributed by atoms with Gasteiger partial charge >= 0.3 is 0 Å². The van der Waals surface area contributed by atoms with Crippen molar-refractivity contribution in [2.24, 2.45) is 5.92 Å². The number of benzene rings is 1. The summed E-state index contributed by atoms with van der Waals surface area (Å²) in [5.41, 5.74) is 1.13. The Morgan fingerprint density at radius 2 is 2.06 bits per heavy atom. The van der Waals surface area contributed by atoms with Gasteiger partial charge in [0.15, 0.2) is 0 Å². The van der Waals surface area contributed by atoms with E-state index >= 15 is 0 Å². The van der Waals surface area contributed by atoms with Crippen LogP contribution in [0, 0.1) is 5.92 Å². The summed E-state index contributed by atoms with van der Waals surface area (Å²) in [6, 6.07) is 10.0. The quantitative estimate of drug-likeness (QED) is 0.817. The summed E-state index contributed by atoms with van der Waals surface area (Å²) >= 11 is 0. The van der Waals surface area contributed by atoms with E-state index in [-0.39, 0.29) is 11.9 Å². The van der Waals surface area contributed by atoms with Crippen LogP contribution in [-0.2, 0) is 4.79 Å². The second kappa shape index (κ2) is 5.82. The van der Waals surface area contributed by atoms with Gasteiger partial charge in [-0.25, -0.2) is 0 Å². The molecule has 0 heterocycles. The average molecular weight is 233 g/mol. The van der Waals surface area contributed by atoms with Gasteiger partial charge in [-0.15, -0.1) is 0 Å². The molecule has 0 aliphatic heterocycles. The molecule has 17 heavy (non-hydrogen) atoms. The third-order valence-corrected chi connectivity index (χ3v) is 3.47. The Labute approximate surface area is 102 Å². The summed E-state index contributed by atoms with van der Waals surface area (Å²) in [5.74, 6) is 0.428. The molecule has 0 bridgehead atoms. The van der Waals surface area contributed by atoms with Gasteiger partial charge in [-0.2, -0.15) is 0 Å². The van der Waals surface area contributed by atoms with E-state index in [4.69, 9.17) is 5.11 Å². The van der Waals surface area contributed by atoms with Gasteiger partial charge in [0.1, 0.15) is 6.61 Å². The molecule has 92 valence electrons. The van der Waals surface area contributed by atoms with Crippen molar-refractivity contribution in [3.8, 4) is 0 Å². The molecular weight excluding hydrogens is 214 g/mol. The molecule has 1 aromatic carbocycles. The molecule has 0 aromatic heterocycles. The highest BCUT2D eigenvalue weighted by atomic mass is 16.3. The van der Waals surface area contributed by atoms with Crippen LogP contribution < -0.4 is 5.32 Å². The number of carbonyl (C=O) groups is 1. The van der Waals surface area contributed by atoms with Gasteiger partial charge in [0.25, 0.3) is 0 Å². The highest BCUT2D eigenvalue weighted by Crippen LogP contribution is 2.34. The largest absolute Gasteiger partial charge is 0.387 e. The molecule has 1 atom stereocenters. The van der Waals surface area contributed by atoms with E-state index in [0.717, 1.165) is 17.9 Å². The summed E-state index contributed by atoms with van der Waals surface area (Å²) in [5, 5.41) is 11.7. The lowest BCUT2D eigenvalue weighted by Crippen LogP contribution is -2.33. The normalized spacial score (nSPS) is 17.2. The Morgan fingerprint density at radius 1 is 1.35 bits per heavy atom. The molecule has 1 aliphatic carbocycles. The molecule has 0 saturated heterocycles. The molecule has 1 aliphatic rings. The van der Waals surface area contributed by atoms with E-state index in [1.165, 1.54) is 19.3 Å². The fraction of sp³-hybridized carbons (Fsp3) is 0.500. The van der Waals surface area contributed by atoms with Crippen LogP contribution in [0.4, 0.5) is 0 Å². The zero-order valence-electron chi connectivity index (χ0n) is 9.93. The topological polar surface area (TPSA) is 49.3 Å². The zero-order valence-corrected chi connectivity index (χ0v) is 9.93. The van der Waals surface area contributed by atoms with E-state index in [1.807, 2.05) is 30.3 Å². The van der Waals surface area contributed by atoms with Gasteiger partial charge in [-0.3, -0.25) is 4.79 Å². The molecule has 3 nitrogen and oxygen atoms in total. The van der Waals surface area contributed by atoms with Crippen LogP contribution in [-0.4, -0.2) is 17.6 Å². The summed E-state index contributed by atoms with van der Waals surface area (Å²) in [7, 11) is 0. The van der Waals surface area contributed by atoms with E-state index < -0.39 is 6.61 Å². The van der Waals surface area contributed by atoms with E-state index in [9.17, 15) is 4.79 Å². The lowest BCUT2D eigenvalue weighted by Gasteiger charge is -2.30. The first-order valence-electron chi connectivity index (χ1n) is 6.24. The summed E-state index contributed by atoms with van der Waals surface area (Å²) in [6.07, 6.45) is 4.81. The fourth-order valence-electron chi connectivity index (χ4n) is 2.27. The number of hydrogen-bond acceptors (Lipinski definition) is 2. The second-order valence-electron chi connectivity index (χ2n) is 4.72. The van der Waals surface area contributed by atoms with Crippen molar-refractivity contribution >= 4 is 5.91 Å². The first-order chi connectivity index (χ1) is 8.29. The van der Waals surface area contributed by atoms with E-state index in [0.29, 0.717) is 0 Å². The predicted molar refractivity (Wildman–Crippen MR) is 66.4 cm³/mol. The Hall–Kier alpha value is -1.35.